The van der Waals surface area contributed by atoms with E-state index in [9.17, 15) is 14.4 Å². The van der Waals surface area contributed by atoms with Crippen molar-refractivity contribution in [1.29, 1.82) is 0 Å². The van der Waals surface area contributed by atoms with Gasteiger partial charge in [0.15, 0.2) is 6.10 Å². The second-order valence-electron chi connectivity index (χ2n) is 7.63. The fraction of sp³-hybridized carbons (Fsp3) is 0.571. The molecule has 1 aromatic rings. The van der Waals surface area contributed by atoms with Crippen LogP contribution in [-0.4, -0.2) is 48.0 Å². The number of carbonyl (C=O) groups is 3. The highest BCUT2D eigenvalue weighted by Gasteiger charge is 2.31. The van der Waals surface area contributed by atoms with Crippen molar-refractivity contribution in [3.05, 3.63) is 30.3 Å². The zero-order valence-electron chi connectivity index (χ0n) is 16.4. The number of benzene rings is 1. The second kappa shape index (κ2) is 9.57. The third-order valence-corrected chi connectivity index (χ3v) is 5.50. The molecule has 2 N–H and O–H groups in total. The maximum absolute atomic E-state index is 12.4. The highest BCUT2D eigenvalue weighted by atomic mass is 16.5. The number of anilines is 1. The van der Waals surface area contributed by atoms with Crippen LogP contribution in [0.3, 0.4) is 0 Å². The van der Waals surface area contributed by atoms with E-state index in [1.807, 2.05) is 30.3 Å². The molecule has 0 aromatic heterocycles. The topological polar surface area (TPSA) is 87.7 Å². The minimum Gasteiger partial charge on any atom is -0.452 e. The summed E-state index contributed by atoms with van der Waals surface area (Å²) in [5.74, 6) is -0.848. The maximum Gasteiger partial charge on any atom is 0.321 e. The summed E-state index contributed by atoms with van der Waals surface area (Å²) in [5.41, 5.74) is 0.746. The predicted octanol–water partition coefficient (Wildman–Crippen LogP) is 2.92. The molecule has 7 nitrogen and oxygen atoms in total. The van der Waals surface area contributed by atoms with Crippen molar-refractivity contribution < 1.29 is 19.1 Å². The molecule has 152 valence electrons. The Morgan fingerprint density at radius 3 is 2.32 bits per heavy atom. The highest BCUT2D eigenvalue weighted by Crippen LogP contribution is 2.21. The zero-order valence-corrected chi connectivity index (χ0v) is 16.4. The number of ether oxygens (including phenoxy) is 1. The molecule has 1 saturated heterocycles. The third-order valence-electron chi connectivity index (χ3n) is 5.50. The van der Waals surface area contributed by atoms with Crippen molar-refractivity contribution in [2.45, 2.75) is 57.6 Å². The van der Waals surface area contributed by atoms with E-state index in [-0.39, 0.29) is 29.9 Å². The first-order chi connectivity index (χ1) is 13.5. The Morgan fingerprint density at radius 1 is 1.04 bits per heavy atom. The van der Waals surface area contributed by atoms with Gasteiger partial charge in [0, 0.05) is 24.8 Å². The lowest BCUT2D eigenvalue weighted by Crippen LogP contribution is -2.44. The number of urea groups is 1. The molecule has 1 saturated carbocycles. The third kappa shape index (κ3) is 5.47. The molecule has 1 aliphatic carbocycles. The van der Waals surface area contributed by atoms with Crippen molar-refractivity contribution in [3.63, 3.8) is 0 Å². The van der Waals surface area contributed by atoms with E-state index in [1.54, 1.807) is 11.8 Å². The minimum absolute atomic E-state index is 0.165. The number of nitrogens with one attached hydrogen (secondary N) is 2. The van der Waals surface area contributed by atoms with Crippen molar-refractivity contribution in [2.75, 3.05) is 18.4 Å². The fourth-order valence-electron chi connectivity index (χ4n) is 3.75. The van der Waals surface area contributed by atoms with Crippen LogP contribution in [-0.2, 0) is 14.3 Å². The number of carbonyl (C=O) groups excluding carboxylic acids is 3. The molecule has 7 heteroatoms. The Hall–Kier alpha value is -2.57. The first-order valence-electron chi connectivity index (χ1n) is 10.1. The average molecular weight is 387 g/mol. The van der Waals surface area contributed by atoms with Crippen LogP contribution >= 0.6 is 0 Å². The first-order valence-corrected chi connectivity index (χ1v) is 10.1. The number of para-hydroxylation sites is 1. The van der Waals surface area contributed by atoms with Crippen LogP contribution in [0.5, 0.6) is 0 Å². The van der Waals surface area contributed by atoms with E-state index >= 15 is 0 Å². The highest BCUT2D eigenvalue weighted by molar-refractivity contribution is 5.89. The van der Waals surface area contributed by atoms with Gasteiger partial charge in [0.1, 0.15) is 0 Å². The second-order valence-corrected chi connectivity index (χ2v) is 7.63. The SMILES string of the molecule is C[C@H](OC(=O)C1CCN(C(=O)Nc2ccccc2)CC1)C(=O)NC1CCCC1. The molecule has 2 fully saturated rings. The molecule has 3 rings (SSSR count). The molecule has 0 unspecified atom stereocenters. The molecule has 1 heterocycles. The van der Waals surface area contributed by atoms with Crippen LogP contribution in [0.15, 0.2) is 30.3 Å². The van der Waals surface area contributed by atoms with Gasteiger partial charge in [0.25, 0.3) is 5.91 Å². The molecule has 0 spiro atoms. The van der Waals surface area contributed by atoms with Crippen molar-refractivity contribution in [2.24, 2.45) is 5.92 Å². The van der Waals surface area contributed by atoms with Gasteiger partial charge in [-0.2, -0.15) is 0 Å². The monoisotopic (exact) mass is 387 g/mol. The lowest BCUT2D eigenvalue weighted by Gasteiger charge is -2.31. The summed E-state index contributed by atoms with van der Waals surface area (Å²) < 4.78 is 5.38. The Morgan fingerprint density at radius 2 is 1.68 bits per heavy atom. The van der Waals surface area contributed by atoms with Crippen molar-refractivity contribution in [3.8, 4) is 0 Å². The summed E-state index contributed by atoms with van der Waals surface area (Å²) >= 11 is 0. The van der Waals surface area contributed by atoms with Gasteiger partial charge in [-0.25, -0.2) is 4.79 Å². The van der Waals surface area contributed by atoms with Gasteiger partial charge in [-0.1, -0.05) is 31.0 Å². The van der Waals surface area contributed by atoms with E-state index < -0.39 is 6.10 Å². The molecule has 1 aliphatic heterocycles. The zero-order chi connectivity index (χ0) is 19.9. The summed E-state index contributed by atoms with van der Waals surface area (Å²) in [6, 6.07) is 9.33. The van der Waals surface area contributed by atoms with Gasteiger partial charge in [0.2, 0.25) is 0 Å². The van der Waals surface area contributed by atoms with E-state index in [4.69, 9.17) is 4.74 Å². The lowest BCUT2D eigenvalue weighted by atomic mass is 9.97. The molecular formula is C21H29N3O4. The summed E-state index contributed by atoms with van der Waals surface area (Å²) in [6.07, 6.45) is 4.56. The Labute approximate surface area is 165 Å². The number of nitrogens with zero attached hydrogens (tertiary/aromatic N) is 1. The summed E-state index contributed by atoms with van der Waals surface area (Å²) in [4.78, 5) is 38.6. The number of esters is 1. The van der Waals surface area contributed by atoms with Crippen LogP contribution in [0.25, 0.3) is 0 Å². The lowest BCUT2D eigenvalue weighted by molar-refractivity contribution is -0.160. The van der Waals surface area contributed by atoms with Crippen LogP contribution < -0.4 is 10.6 Å². The molecule has 3 amide bonds. The molecule has 28 heavy (non-hydrogen) atoms. The van der Waals surface area contributed by atoms with Crippen LogP contribution in [0.2, 0.25) is 0 Å². The van der Waals surface area contributed by atoms with Crippen LogP contribution in [0.4, 0.5) is 10.5 Å². The van der Waals surface area contributed by atoms with Gasteiger partial charge >= 0.3 is 12.0 Å². The largest absolute Gasteiger partial charge is 0.452 e. The number of piperidine rings is 1. The number of likely N-dealkylation sites (tertiary alicyclic amines) is 1. The smallest absolute Gasteiger partial charge is 0.321 e. The van der Waals surface area contributed by atoms with Gasteiger partial charge in [-0.05, 0) is 44.7 Å². The molecule has 1 aromatic carbocycles. The first kappa shape index (κ1) is 20.2. The predicted molar refractivity (Wildman–Crippen MR) is 106 cm³/mol. The van der Waals surface area contributed by atoms with E-state index in [1.165, 1.54) is 0 Å². The van der Waals surface area contributed by atoms with Gasteiger partial charge in [-0.15, -0.1) is 0 Å². The normalized spacial score (nSPS) is 19.1. The fourth-order valence-corrected chi connectivity index (χ4v) is 3.75. The standard InChI is InChI=1S/C21H29N3O4/c1-15(19(25)22-17-9-5-6-10-17)28-20(26)16-11-13-24(14-12-16)21(27)23-18-7-3-2-4-8-18/h2-4,7-8,15-17H,5-6,9-14H2,1H3,(H,22,25)(H,23,27)/t15-/m0/s1. The van der Waals surface area contributed by atoms with Crippen molar-refractivity contribution in [1.82, 2.24) is 10.2 Å². The summed E-state index contributed by atoms with van der Waals surface area (Å²) in [5, 5.41) is 5.81. The number of hydrogen-bond acceptors (Lipinski definition) is 4. The Kier molecular flexibility index (Phi) is 6.90. The minimum atomic E-state index is -0.785. The van der Waals surface area contributed by atoms with Crippen LogP contribution in [0, 0.1) is 5.92 Å². The maximum atomic E-state index is 12.4. The number of hydrogen-bond donors (Lipinski definition) is 2. The number of amides is 3. The average Bonchev–Trinajstić information content (AvgIpc) is 3.21. The quantitative estimate of drug-likeness (QED) is 0.761. The molecular weight excluding hydrogens is 358 g/mol. The van der Waals surface area contributed by atoms with E-state index in [0.717, 1.165) is 31.4 Å². The van der Waals surface area contributed by atoms with Gasteiger partial charge in [-0.3, -0.25) is 9.59 Å². The van der Waals surface area contributed by atoms with E-state index in [0.29, 0.717) is 25.9 Å². The van der Waals surface area contributed by atoms with Gasteiger partial charge in [0.05, 0.1) is 5.92 Å². The molecule has 0 radical (unpaired) electrons. The Bertz CT molecular complexity index is 680. The number of rotatable bonds is 5. The summed E-state index contributed by atoms with van der Waals surface area (Å²) in [6.45, 7) is 2.59. The molecule has 1 atom stereocenters. The molecule has 2 aliphatic rings. The molecule has 0 bridgehead atoms. The van der Waals surface area contributed by atoms with Crippen molar-refractivity contribution >= 4 is 23.6 Å². The summed E-state index contributed by atoms with van der Waals surface area (Å²) in [7, 11) is 0. The van der Waals surface area contributed by atoms with Crippen LogP contribution in [0.1, 0.15) is 45.4 Å². The van der Waals surface area contributed by atoms with E-state index in [2.05, 4.69) is 10.6 Å². The Balaban J connectivity index is 1.40. The van der Waals surface area contributed by atoms with Gasteiger partial charge < -0.3 is 20.3 Å².